The number of amides is 3. The largest absolute Gasteiger partial charge is 0.466 e. The van der Waals surface area contributed by atoms with Crippen LogP contribution in [0.25, 0.3) is 0 Å². The summed E-state index contributed by atoms with van der Waals surface area (Å²) in [7, 11) is -3.80. The molecule has 0 spiro atoms. The Kier molecular flexibility index (Phi) is 13.4. The average molecular weight is 598 g/mol. The molecule has 12 nitrogen and oxygen atoms in total. The molecule has 1 aromatic rings. The van der Waals surface area contributed by atoms with Crippen LogP contribution in [0.5, 0.6) is 0 Å². The van der Waals surface area contributed by atoms with Crippen LogP contribution in [-0.2, 0) is 40.2 Å². The lowest BCUT2D eigenvalue weighted by atomic mass is 9.93. The summed E-state index contributed by atoms with van der Waals surface area (Å²) in [5, 5.41) is 4.96. The minimum atomic E-state index is -3.80. The summed E-state index contributed by atoms with van der Waals surface area (Å²) in [6, 6.07) is 7.81. The maximum Gasteiger partial charge on any atom is 0.408 e. The number of hydrogen-bond acceptors (Lipinski definition) is 9. The van der Waals surface area contributed by atoms with Gasteiger partial charge in [0.05, 0.1) is 18.1 Å². The van der Waals surface area contributed by atoms with Crippen LogP contribution in [-0.4, -0.2) is 86.8 Å². The fourth-order valence-electron chi connectivity index (χ4n) is 4.25. The molecule has 1 aliphatic rings. The van der Waals surface area contributed by atoms with Gasteiger partial charge in [-0.3, -0.25) is 9.59 Å². The number of piperidine rings is 1. The highest BCUT2D eigenvalue weighted by atomic mass is 32.2. The highest BCUT2D eigenvalue weighted by Crippen LogP contribution is 2.21. The van der Waals surface area contributed by atoms with Crippen LogP contribution in [0.15, 0.2) is 30.3 Å². The minimum Gasteiger partial charge on any atom is -0.466 e. The van der Waals surface area contributed by atoms with Gasteiger partial charge in [-0.15, -0.1) is 0 Å². The van der Waals surface area contributed by atoms with Crippen molar-refractivity contribution in [1.29, 1.82) is 0 Å². The maximum absolute atomic E-state index is 13.3. The second kappa shape index (κ2) is 16.2. The number of carbonyl (C=O) groups excluding carboxylic acids is 4. The highest BCUT2D eigenvalue weighted by Gasteiger charge is 2.33. The van der Waals surface area contributed by atoms with E-state index in [-0.39, 0.29) is 37.2 Å². The van der Waals surface area contributed by atoms with Gasteiger partial charge in [0.2, 0.25) is 5.91 Å². The summed E-state index contributed by atoms with van der Waals surface area (Å²) in [5.74, 6) is -1.47. The Bertz CT molecular complexity index is 1110. The SMILES string of the molecule is CC(=O)OCCC1CCN(C(=O)C(CS(=O)(=O)CCCNC(=O)OCc2ccccc2)NC(=O)OC(C)(C)C)CC1. The van der Waals surface area contributed by atoms with E-state index in [4.69, 9.17) is 14.2 Å². The predicted octanol–water partition coefficient (Wildman–Crippen LogP) is 2.80. The van der Waals surface area contributed by atoms with Crippen molar-refractivity contribution in [2.24, 2.45) is 5.92 Å². The van der Waals surface area contributed by atoms with Crippen molar-refractivity contribution in [3.8, 4) is 0 Å². The van der Waals surface area contributed by atoms with Gasteiger partial charge >= 0.3 is 18.2 Å². The van der Waals surface area contributed by atoms with Crippen molar-refractivity contribution in [2.75, 3.05) is 37.7 Å². The number of nitrogens with one attached hydrogen (secondary N) is 2. The second-order valence-electron chi connectivity index (χ2n) is 11.1. The molecule has 2 rings (SSSR count). The van der Waals surface area contributed by atoms with Crippen molar-refractivity contribution in [3.05, 3.63) is 35.9 Å². The summed E-state index contributed by atoms with van der Waals surface area (Å²) in [6.45, 7) is 7.60. The summed E-state index contributed by atoms with van der Waals surface area (Å²) in [6.07, 6.45) is 0.579. The summed E-state index contributed by atoms with van der Waals surface area (Å²) >= 11 is 0. The number of alkyl carbamates (subject to hydrolysis) is 2. The van der Waals surface area contributed by atoms with Crippen molar-refractivity contribution in [3.63, 3.8) is 0 Å². The molecular weight excluding hydrogens is 554 g/mol. The van der Waals surface area contributed by atoms with E-state index in [1.807, 2.05) is 30.3 Å². The van der Waals surface area contributed by atoms with Crippen LogP contribution in [0.4, 0.5) is 9.59 Å². The Morgan fingerprint density at radius 3 is 2.29 bits per heavy atom. The zero-order valence-electron chi connectivity index (χ0n) is 24.3. The molecule has 1 heterocycles. The van der Waals surface area contributed by atoms with Gasteiger partial charge in [-0.1, -0.05) is 30.3 Å². The molecule has 230 valence electrons. The van der Waals surface area contributed by atoms with E-state index in [2.05, 4.69) is 10.6 Å². The molecule has 1 saturated heterocycles. The first-order valence-electron chi connectivity index (χ1n) is 13.8. The fourth-order valence-corrected chi connectivity index (χ4v) is 5.73. The van der Waals surface area contributed by atoms with E-state index in [0.717, 1.165) is 5.56 Å². The van der Waals surface area contributed by atoms with Gasteiger partial charge in [-0.25, -0.2) is 18.0 Å². The van der Waals surface area contributed by atoms with Gasteiger partial charge in [-0.05, 0) is 57.9 Å². The van der Waals surface area contributed by atoms with E-state index in [1.54, 1.807) is 25.7 Å². The third-order valence-electron chi connectivity index (χ3n) is 6.28. The topological polar surface area (TPSA) is 157 Å². The van der Waals surface area contributed by atoms with E-state index in [9.17, 15) is 27.6 Å². The number of ether oxygens (including phenoxy) is 3. The lowest BCUT2D eigenvalue weighted by Gasteiger charge is -2.34. The molecule has 1 aliphatic heterocycles. The van der Waals surface area contributed by atoms with Crippen LogP contribution >= 0.6 is 0 Å². The van der Waals surface area contributed by atoms with E-state index in [0.29, 0.717) is 39.0 Å². The lowest BCUT2D eigenvalue weighted by Crippen LogP contribution is -2.54. The zero-order valence-corrected chi connectivity index (χ0v) is 25.2. The van der Waals surface area contributed by atoms with Gasteiger partial charge in [0, 0.05) is 26.6 Å². The molecule has 0 bridgehead atoms. The quantitative estimate of drug-likeness (QED) is 0.198. The predicted molar refractivity (Wildman–Crippen MR) is 152 cm³/mol. The lowest BCUT2D eigenvalue weighted by molar-refractivity contribution is -0.141. The standard InChI is InChI=1S/C28H43N3O9S/c1-21(32)38-17-13-22-11-15-31(16-12-22)25(33)24(30-27(35)40-28(2,3)4)20-41(36,37)18-8-14-29-26(34)39-19-23-9-6-5-7-10-23/h5-7,9-10,22,24H,8,11-20H2,1-4H3,(H,29,34)(H,30,35). The smallest absolute Gasteiger partial charge is 0.408 e. The summed E-state index contributed by atoms with van der Waals surface area (Å²) in [4.78, 5) is 50.3. The van der Waals surface area contributed by atoms with Gasteiger partial charge in [0.25, 0.3) is 0 Å². The molecule has 1 fully saturated rings. The Labute approximate surface area is 242 Å². The minimum absolute atomic E-state index is 0.0613. The van der Waals surface area contributed by atoms with Gasteiger partial charge in [0.1, 0.15) is 18.2 Å². The van der Waals surface area contributed by atoms with Crippen LogP contribution < -0.4 is 10.6 Å². The summed E-state index contributed by atoms with van der Waals surface area (Å²) in [5.41, 5.74) is -0.0119. The van der Waals surface area contributed by atoms with Gasteiger partial charge in [0.15, 0.2) is 9.84 Å². The molecule has 0 saturated carbocycles. The maximum atomic E-state index is 13.3. The first-order chi connectivity index (χ1) is 19.2. The van der Waals surface area contributed by atoms with Crippen molar-refractivity contribution in [2.45, 2.75) is 71.6 Å². The monoisotopic (exact) mass is 597 g/mol. The Morgan fingerprint density at radius 2 is 1.68 bits per heavy atom. The average Bonchev–Trinajstić information content (AvgIpc) is 2.89. The number of nitrogens with zero attached hydrogens (tertiary/aromatic N) is 1. The number of carbonyl (C=O) groups is 4. The molecule has 0 radical (unpaired) electrons. The number of esters is 1. The Balaban J connectivity index is 1.89. The van der Waals surface area contributed by atoms with Gasteiger partial charge < -0.3 is 29.7 Å². The molecule has 13 heteroatoms. The van der Waals surface area contributed by atoms with Crippen LogP contribution in [0.3, 0.4) is 0 Å². The first kappa shape index (κ1) is 33.9. The van der Waals surface area contributed by atoms with Crippen molar-refractivity contribution < 1.29 is 41.8 Å². The Hall–Kier alpha value is -3.35. The number of hydrogen-bond donors (Lipinski definition) is 2. The molecule has 2 N–H and O–H groups in total. The van der Waals surface area contributed by atoms with Crippen LogP contribution in [0.1, 0.15) is 58.9 Å². The molecule has 3 amide bonds. The Morgan fingerprint density at radius 1 is 1.02 bits per heavy atom. The second-order valence-corrected chi connectivity index (χ2v) is 13.3. The van der Waals surface area contributed by atoms with Crippen LogP contribution in [0.2, 0.25) is 0 Å². The highest BCUT2D eigenvalue weighted by molar-refractivity contribution is 7.91. The third-order valence-corrected chi connectivity index (χ3v) is 8.03. The number of benzene rings is 1. The molecule has 1 aromatic carbocycles. The molecule has 41 heavy (non-hydrogen) atoms. The first-order valence-corrected chi connectivity index (χ1v) is 15.6. The van der Waals surface area contributed by atoms with Crippen LogP contribution in [0, 0.1) is 5.92 Å². The van der Waals surface area contributed by atoms with E-state index < -0.39 is 45.3 Å². The van der Waals surface area contributed by atoms with Crippen molar-refractivity contribution >= 4 is 33.9 Å². The summed E-state index contributed by atoms with van der Waals surface area (Å²) < 4.78 is 41.2. The number of rotatable bonds is 13. The normalized spacial score (nSPS) is 15.0. The number of likely N-dealkylation sites (tertiary alicyclic amines) is 1. The molecule has 0 aromatic heterocycles. The molecule has 0 aliphatic carbocycles. The molecule has 1 unspecified atom stereocenters. The fraction of sp³-hybridized carbons (Fsp3) is 0.643. The van der Waals surface area contributed by atoms with Gasteiger partial charge in [-0.2, -0.15) is 0 Å². The third kappa shape index (κ3) is 14.2. The van der Waals surface area contributed by atoms with Crippen molar-refractivity contribution in [1.82, 2.24) is 15.5 Å². The molecular formula is C28H43N3O9S. The van der Waals surface area contributed by atoms with E-state index in [1.165, 1.54) is 6.92 Å². The number of sulfone groups is 1. The van der Waals surface area contributed by atoms with E-state index >= 15 is 0 Å². The molecule has 1 atom stereocenters. The zero-order chi connectivity index (χ0) is 30.5.